The minimum absolute atomic E-state index is 0.124. The molecule has 0 bridgehead atoms. The molecule has 0 aromatic heterocycles. The van der Waals surface area contributed by atoms with E-state index in [4.69, 9.17) is 14.2 Å². The largest absolute Gasteiger partial charge is 0.490 e. The first-order valence-electron chi connectivity index (χ1n) is 8.92. The summed E-state index contributed by atoms with van der Waals surface area (Å²) in [5, 5.41) is 9.38. The van der Waals surface area contributed by atoms with Gasteiger partial charge in [0.2, 0.25) is 0 Å². The van der Waals surface area contributed by atoms with Gasteiger partial charge in [-0.2, -0.15) is 5.26 Å². The fourth-order valence-electron chi connectivity index (χ4n) is 3.42. The second-order valence-electron chi connectivity index (χ2n) is 6.42. The number of esters is 1. The van der Waals surface area contributed by atoms with Crippen molar-refractivity contribution in [1.82, 2.24) is 0 Å². The van der Waals surface area contributed by atoms with E-state index in [1.807, 2.05) is 25.1 Å². The van der Waals surface area contributed by atoms with Gasteiger partial charge in [0.15, 0.2) is 17.6 Å². The van der Waals surface area contributed by atoms with E-state index < -0.39 is 12.1 Å². The van der Waals surface area contributed by atoms with Crippen LogP contribution in [0.4, 0.5) is 0 Å². The number of hydrogen-bond donors (Lipinski definition) is 0. The number of ether oxygens (including phenoxy) is 3. The molecular weight excluding hydrogens is 318 g/mol. The van der Waals surface area contributed by atoms with Crippen molar-refractivity contribution < 1.29 is 19.0 Å². The maximum absolute atomic E-state index is 12.5. The quantitative estimate of drug-likeness (QED) is 0.760. The van der Waals surface area contributed by atoms with Crippen LogP contribution in [-0.2, 0) is 9.53 Å². The van der Waals surface area contributed by atoms with Crippen molar-refractivity contribution in [2.75, 3.05) is 13.2 Å². The molecule has 1 atom stereocenters. The first kappa shape index (κ1) is 17.3. The monoisotopic (exact) mass is 341 g/mol. The molecule has 2 aliphatic rings. The summed E-state index contributed by atoms with van der Waals surface area (Å²) in [4.78, 5) is 12.5. The Morgan fingerprint density at radius 1 is 1.36 bits per heavy atom. The van der Waals surface area contributed by atoms with Crippen LogP contribution in [0, 0.1) is 17.2 Å². The van der Waals surface area contributed by atoms with Gasteiger partial charge in [-0.05, 0) is 31.9 Å². The lowest BCUT2D eigenvalue weighted by Gasteiger charge is -2.26. The smallest absolute Gasteiger partial charge is 0.338 e. The van der Waals surface area contributed by atoms with Crippen molar-refractivity contribution in [1.29, 1.82) is 5.26 Å². The fraction of sp³-hybridized carbons (Fsp3) is 0.500. The van der Waals surface area contributed by atoms with E-state index in [0.717, 1.165) is 31.2 Å². The predicted molar refractivity (Wildman–Crippen MR) is 93.2 cm³/mol. The average Bonchev–Trinajstić information content (AvgIpc) is 2.66. The molecule has 1 aromatic rings. The molecule has 25 heavy (non-hydrogen) atoms. The van der Waals surface area contributed by atoms with E-state index in [1.165, 1.54) is 6.42 Å². The second-order valence-corrected chi connectivity index (χ2v) is 6.42. The minimum atomic E-state index is -0.676. The van der Waals surface area contributed by atoms with Crippen molar-refractivity contribution in [2.45, 2.75) is 45.1 Å². The molecule has 3 rings (SSSR count). The average molecular weight is 341 g/mol. The molecule has 0 amide bonds. The van der Waals surface area contributed by atoms with Gasteiger partial charge < -0.3 is 14.2 Å². The van der Waals surface area contributed by atoms with Crippen LogP contribution in [0.2, 0.25) is 0 Å². The van der Waals surface area contributed by atoms with Crippen LogP contribution in [0.25, 0.3) is 6.08 Å². The zero-order chi connectivity index (χ0) is 17.6. The van der Waals surface area contributed by atoms with Crippen LogP contribution in [0.1, 0.15) is 44.6 Å². The van der Waals surface area contributed by atoms with E-state index in [0.29, 0.717) is 23.7 Å². The second kappa shape index (κ2) is 8.06. The number of fused-ring (bicyclic) bond motifs is 1. The number of nitriles is 1. The molecule has 0 saturated heterocycles. The molecule has 0 N–H and O–H groups in total. The number of carbonyl (C=O) groups is 1. The number of benzene rings is 1. The highest BCUT2D eigenvalue weighted by Crippen LogP contribution is 2.36. The van der Waals surface area contributed by atoms with Gasteiger partial charge >= 0.3 is 5.97 Å². The Bertz CT molecular complexity index is 698. The summed E-state index contributed by atoms with van der Waals surface area (Å²) in [6, 6.07) is 7.72. The molecule has 1 aromatic carbocycles. The Kier molecular flexibility index (Phi) is 5.60. The Morgan fingerprint density at radius 2 is 2.16 bits per heavy atom. The van der Waals surface area contributed by atoms with Crippen molar-refractivity contribution in [3.63, 3.8) is 0 Å². The SMILES string of the molecule is CCOc1cccc2c1OCC(C(=O)O[C@H](C#N)C1CCCCC1)=C2. The third kappa shape index (κ3) is 3.96. The minimum Gasteiger partial charge on any atom is -0.490 e. The van der Waals surface area contributed by atoms with Gasteiger partial charge in [0, 0.05) is 11.5 Å². The molecule has 0 unspecified atom stereocenters. The lowest BCUT2D eigenvalue weighted by atomic mass is 9.85. The van der Waals surface area contributed by atoms with E-state index >= 15 is 0 Å². The zero-order valence-electron chi connectivity index (χ0n) is 14.5. The number of hydrogen-bond acceptors (Lipinski definition) is 5. The van der Waals surface area contributed by atoms with Gasteiger partial charge in [0.25, 0.3) is 0 Å². The van der Waals surface area contributed by atoms with Crippen molar-refractivity contribution in [2.24, 2.45) is 5.92 Å². The van der Waals surface area contributed by atoms with Crippen LogP contribution >= 0.6 is 0 Å². The van der Waals surface area contributed by atoms with Crippen molar-refractivity contribution in [3.05, 3.63) is 29.3 Å². The topological polar surface area (TPSA) is 68.6 Å². The molecule has 1 aliphatic carbocycles. The Labute approximate surface area is 148 Å². The predicted octanol–water partition coefficient (Wildman–Crippen LogP) is 3.88. The highest BCUT2D eigenvalue weighted by molar-refractivity contribution is 5.95. The van der Waals surface area contributed by atoms with E-state index in [1.54, 1.807) is 6.08 Å². The molecule has 1 aliphatic heterocycles. The van der Waals surface area contributed by atoms with E-state index in [2.05, 4.69) is 6.07 Å². The molecule has 5 heteroatoms. The van der Waals surface area contributed by atoms with Crippen LogP contribution in [0.5, 0.6) is 11.5 Å². The Morgan fingerprint density at radius 3 is 2.88 bits per heavy atom. The summed E-state index contributed by atoms with van der Waals surface area (Å²) in [6.45, 7) is 2.58. The molecule has 1 saturated carbocycles. The Hall–Kier alpha value is -2.48. The molecular formula is C20H23NO4. The lowest BCUT2D eigenvalue weighted by molar-refractivity contribution is -0.144. The van der Waals surface area contributed by atoms with Gasteiger partial charge in [0.05, 0.1) is 12.2 Å². The highest BCUT2D eigenvalue weighted by atomic mass is 16.6. The maximum atomic E-state index is 12.5. The van der Waals surface area contributed by atoms with Crippen LogP contribution in [0.15, 0.2) is 23.8 Å². The summed E-state index contributed by atoms with van der Waals surface area (Å²) >= 11 is 0. The van der Waals surface area contributed by atoms with Gasteiger partial charge in [-0.3, -0.25) is 0 Å². The molecule has 1 fully saturated rings. The van der Waals surface area contributed by atoms with Crippen LogP contribution in [-0.4, -0.2) is 25.3 Å². The number of nitrogens with zero attached hydrogens (tertiary/aromatic N) is 1. The summed E-state index contributed by atoms with van der Waals surface area (Å²) in [5.41, 5.74) is 1.22. The first-order valence-corrected chi connectivity index (χ1v) is 8.92. The Balaban J connectivity index is 1.72. The van der Waals surface area contributed by atoms with E-state index in [-0.39, 0.29) is 12.5 Å². The fourth-order valence-corrected chi connectivity index (χ4v) is 3.42. The molecule has 5 nitrogen and oxygen atoms in total. The van der Waals surface area contributed by atoms with Crippen LogP contribution in [0.3, 0.4) is 0 Å². The van der Waals surface area contributed by atoms with E-state index in [9.17, 15) is 10.1 Å². The molecule has 0 spiro atoms. The third-order valence-corrected chi connectivity index (χ3v) is 4.71. The molecule has 132 valence electrons. The number of carbonyl (C=O) groups excluding carboxylic acids is 1. The third-order valence-electron chi connectivity index (χ3n) is 4.71. The van der Waals surface area contributed by atoms with Gasteiger partial charge in [0.1, 0.15) is 12.7 Å². The summed E-state index contributed by atoms with van der Waals surface area (Å²) in [5.74, 6) is 0.986. The highest BCUT2D eigenvalue weighted by Gasteiger charge is 2.29. The van der Waals surface area contributed by atoms with Gasteiger partial charge in [-0.25, -0.2) is 4.79 Å². The van der Waals surface area contributed by atoms with Gasteiger partial charge in [-0.15, -0.1) is 0 Å². The summed E-state index contributed by atoms with van der Waals surface area (Å²) < 4.78 is 16.8. The molecule has 0 radical (unpaired) electrons. The summed E-state index contributed by atoms with van der Waals surface area (Å²) in [7, 11) is 0. The lowest BCUT2D eigenvalue weighted by Crippen LogP contribution is -2.29. The summed E-state index contributed by atoms with van der Waals surface area (Å²) in [6.07, 6.45) is 6.37. The standard InChI is InChI=1S/C20H23NO4/c1-2-23-17-10-6-9-15-11-16(13-24-19(15)17)20(22)25-18(12-21)14-7-4-3-5-8-14/h6,9-11,14,18H,2-5,7-8,13H2,1H3/t18-/m1/s1. The number of para-hydroxylation sites is 1. The van der Waals surface area contributed by atoms with Gasteiger partial charge in [-0.1, -0.05) is 31.4 Å². The zero-order valence-corrected chi connectivity index (χ0v) is 14.5. The molecule has 1 heterocycles. The van der Waals surface area contributed by atoms with Crippen LogP contribution < -0.4 is 9.47 Å². The van der Waals surface area contributed by atoms with Crippen molar-refractivity contribution in [3.8, 4) is 17.6 Å². The maximum Gasteiger partial charge on any atom is 0.338 e. The van der Waals surface area contributed by atoms with Crippen molar-refractivity contribution >= 4 is 12.0 Å². The first-order chi connectivity index (χ1) is 12.2. The normalized spacial score (nSPS) is 18.2. The number of rotatable bonds is 5.